The van der Waals surface area contributed by atoms with E-state index >= 15 is 0 Å². The molecule has 0 spiro atoms. The minimum Gasteiger partial charge on any atom is -0.493 e. The first-order valence-corrected chi connectivity index (χ1v) is 12.6. The van der Waals surface area contributed by atoms with Crippen molar-refractivity contribution >= 4 is 29.1 Å². The van der Waals surface area contributed by atoms with Gasteiger partial charge in [-0.3, -0.25) is 4.79 Å². The van der Waals surface area contributed by atoms with Gasteiger partial charge in [0.25, 0.3) is 5.91 Å². The van der Waals surface area contributed by atoms with Crippen molar-refractivity contribution in [1.29, 1.82) is 0 Å². The number of carbonyl (C=O) groups excluding carboxylic acids is 1. The van der Waals surface area contributed by atoms with E-state index in [0.29, 0.717) is 51.6 Å². The molecule has 0 unspecified atom stereocenters. The zero-order valence-electron chi connectivity index (χ0n) is 21.5. The van der Waals surface area contributed by atoms with Crippen LogP contribution in [0.2, 0.25) is 10.0 Å². The molecule has 0 aliphatic carbocycles. The fourth-order valence-corrected chi connectivity index (χ4v) is 4.31. The highest BCUT2D eigenvalue weighted by atomic mass is 35.5. The zero-order valence-corrected chi connectivity index (χ0v) is 23.0. The number of hydrogen-bond donors (Lipinski definition) is 0. The molecule has 0 fully saturated rings. The molecule has 4 rings (SSSR count). The van der Waals surface area contributed by atoms with Crippen LogP contribution in [0.15, 0.2) is 60.7 Å². The Morgan fingerprint density at radius 2 is 1.65 bits per heavy atom. The highest BCUT2D eigenvalue weighted by Crippen LogP contribution is 2.29. The number of nitrogens with zero attached hydrogens (tertiary/aromatic N) is 3. The lowest BCUT2D eigenvalue weighted by molar-refractivity contribution is 0.0787. The Hall–Kier alpha value is -3.48. The molecule has 3 aromatic carbocycles. The molecule has 0 saturated heterocycles. The van der Waals surface area contributed by atoms with Gasteiger partial charge in [0.1, 0.15) is 5.69 Å². The predicted molar refractivity (Wildman–Crippen MR) is 149 cm³/mol. The van der Waals surface area contributed by atoms with Gasteiger partial charge in [-0.25, -0.2) is 4.68 Å². The number of carbonyl (C=O) groups is 1. The number of amides is 1. The molecule has 0 radical (unpaired) electrons. The minimum absolute atomic E-state index is 0.158. The molecular formula is C29H29Cl2N3O3. The summed E-state index contributed by atoms with van der Waals surface area (Å²) in [6.07, 6.45) is 0.646. The van der Waals surface area contributed by atoms with Gasteiger partial charge in [0.2, 0.25) is 0 Å². The summed E-state index contributed by atoms with van der Waals surface area (Å²) >= 11 is 12.4. The van der Waals surface area contributed by atoms with Gasteiger partial charge >= 0.3 is 0 Å². The van der Waals surface area contributed by atoms with Gasteiger partial charge in [-0.05, 0) is 79.4 Å². The molecule has 0 aliphatic rings. The Kier molecular flexibility index (Phi) is 8.10. The maximum atomic E-state index is 13.7. The third kappa shape index (κ3) is 5.76. The summed E-state index contributed by atoms with van der Waals surface area (Å²) in [5.74, 6) is 1.17. The molecule has 1 aromatic heterocycles. The average Bonchev–Trinajstić information content (AvgIpc) is 3.35. The van der Waals surface area contributed by atoms with E-state index in [-0.39, 0.29) is 5.91 Å². The number of ether oxygens (including phenoxy) is 2. The van der Waals surface area contributed by atoms with Crippen LogP contribution in [0.5, 0.6) is 11.5 Å². The molecule has 0 atom stereocenters. The number of aryl methyl sites for hydroxylation is 2. The number of rotatable bonds is 8. The summed E-state index contributed by atoms with van der Waals surface area (Å²) in [5, 5.41) is 5.62. The van der Waals surface area contributed by atoms with Crippen molar-refractivity contribution in [3.8, 4) is 28.4 Å². The molecule has 192 valence electrons. The topological polar surface area (TPSA) is 56.6 Å². The SMILES string of the molecule is COc1ccc(CCN(C)C(=O)c2cc(-c3ccc(C)c(C)c3)nn2-c2ccc(Cl)c(Cl)c2)cc1OC. The van der Waals surface area contributed by atoms with E-state index in [1.807, 2.05) is 30.3 Å². The van der Waals surface area contributed by atoms with Crippen LogP contribution < -0.4 is 9.47 Å². The Balaban J connectivity index is 1.65. The Bertz CT molecular complexity index is 1450. The predicted octanol–water partition coefficient (Wildman–Crippen LogP) is 6.79. The van der Waals surface area contributed by atoms with Crippen LogP contribution in [0.25, 0.3) is 16.9 Å². The Morgan fingerprint density at radius 1 is 0.892 bits per heavy atom. The van der Waals surface area contributed by atoms with E-state index in [2.05, 4.69) is 26.0 Å². The molecule has 0 bridgehead atoms. The van der Waals surface area contributed by atoms with Crippen LogP contribution in [0.4, 0.5) is 0 Å². The van der Waals surface area contributed by atoms with Gasteiger partial charge in [0.05, 0.1) is 35.6 Å². The van der Waals surface area contributed by atoms with Gasteiger partial charge in [-0.2, -0.15) is 5.10 Å². The second kappa shape index (κ2) is 11.3. The molecule has 1 amide bonds. The molecule has 1 heterocycles. The number of aromatic nitrogens is 2. The molecule has 8 heteroatoms. The average molecular weight is 538 g/mol. The first-order valence-electron chi connectivity index (χ1n) is 11.8. The van der Waals surface area contributed by atoms with Crippen LogP contribution >= 0.6 is 23.2 Å². The summed E-state index contributed by atoms with van der Waals surface area (Å²) in [5.41, 5.74) is 6.10. The van der Waals surface area contributed by atoms with Crippen molar-refractivity contribution in [3.63, 3.8) is 0 Å². The summed E-state index contributed by atoms with van der Waals surface area (Å²) in [7, 11) is 4.99. The molecule has 37 heavy (non-hydrogen) atoms. The highest BCUT2D eigenvalue weighted by Gasteiger charge is 2.21. The molecular weight excluding hydrogens is 509 g/mol. The van der Waals surface area contributed by atoms with E-state index < -0.39 is 0 Å². The highest BCUT2D eigenvalue weighted by molar-refractivity contribution is 6.42. The quantitative estimate of drug-likeness (QED) is 0.248. The zero-order chi connectivity index (χ0) is 26.7. The van der Waals surface area contributed by atoms with Crippen molar-refractivity contribution in [2.24, 2.45) is 0 Å². The third-order valence-corrected chi connectivity index (χ3v) is 7.15. The first kappa shape index (κ1) is 26.6. The van der Waals surface area contributed by atoms with E-state index in [9.17, 15) is 4.79 Å². The molecule has 6 nitrogen and oxygen atoms in total. The monoisotopic (exact) mass is 537 g/mol. The Labute approximate surface area is 227 Å². The van der Waals surface area contributed by atoms with Gasteiger partial charge in [-0.1, -0.05) is 41.4 Å². The van der Waals surface area contributed by atoms with Crippen molar-refractivity contribution in [1.82, 2.24) is 14.7 Å². The van der Waals surface area contributed by atoms with E-state index in [1.54, 1.807) is 49.0 Å². The summed E-state index contributed by atoms with van der Waals surface area (Å²) in [6, 6.07) is 18.9. The number of benzene rings is 3. The van der Waals surface area contributed by atoms with Crippen molar-refractivity contribution in [2.75, 3.05) is 27.8 Å². The second-order valence-electron chi connectivity index (χ2n) is 8.89. The van der Waals surface area contributed by atoms with Gasteiger partial charge < -0.3 is 14.4 Å². The van der Waals surface area contributed by atoms with Crippen LogP contribution in [0, 0.1) is 13.8 Å². The molecule has 4 aromatic rings. The lowest BCUT2D eigenvalue weighted by Crippen LogP contribution is -2.30. The minimum atomic E-state index is -0.158. The second-order valence-corrected chi connectivity index (χ2v) is 9.70. The normalized spacial score (nSPS) is 10.9. The van der Waals surface area contributed by atoms with Crippen LogP contribution in [-0.4, -0.2) is 48.4 Å². The Morgan fingerprint density at radius 3 is 2.32 bits per heavy atom. The van der Waals surface area contributed by atoms with E-state index in [4.69, 9.17) is 37.8 Å². The number of hydrogen-bond acceptors (Lipinski definition) is 4. The molecule has 0 saturated carbocycles. The van der Waals surface area contributed by atoms with Crippen molar-refractivity contribution in [3.05, 3.63) is 93.1 Å². The van der Waals surface area contributed by atoms with Crippen LogP contribution in [0.3, 0.4) is 0 Å². The van der Waals surface area contributed by atoms with Crippen molar-refractivity contribution in [2.45, 2.75) is 20.3 Å². The smallest absolute Gasteiger partial charge is 0.272 e. The summed E-state index contributed by atoms with van der Waals surface area (Å²) in [4.78, 5) is 15.3. The van der Waals surface area contributed by atoms with Gasteiger partial charge in [0.15, 0.2) is 11.5 Å². The third-order valence-electron chi connectivity index (χ3n) is 6.41. The number of methoxy groups -OCH3 is 2. The number of likely N-dealkylation sites (N-methyl/N-ethyl adjacent to an activating group) is 1. The van der Waals surface area contributed by atoms with Crippen LogP contribution in [0.1, 0.15) is 27.2 Å². The van der Waals surface area contributed by atoms with Gasteiger partial charge in [0, 0.05) is 19.2 Å². The molecule has 0 aliphatic heterocycles. The summed E-state index contributed by atoms with van der Waals surface area (Å²) < 4.78 is 12.4. The first-order chi connectivity index (χ1) is 17.7. The van der Waals surface area contributed by atoms with Crippen molar-refractivity contribution < 1.29 is 14.3 Å². The van der Waals surface area contributed by atoms with Crippen LogP contribution in [-0.2, 0) is 6.42 Å². The van der Waals surface area contributed by atoms with E-state index in [0.717, 1.165) is 16.7 Å². The lowest BCUT2D eigenvalue weighted by atomic mass is 10.0. The lowest BCUT2D eigenvalue weighted by Gasteiger charge is -2.18. The fourth-order valence-electron chi connectivity index (χ4n) is 4.02. The maximum Gasteiger partial charge on any atom is 0.272 e. The largest absolute Gasteiger partial charge is 0.493 e. The molecule has 0 N–H and O–H groups in total. The standard InChI is InChI=1S/C29H29Cl2N3O3/c1-18-6-8-21(14-19(18)2)25-17-26(34(32-25)22-9-10-23(30)24(31)16-22)29(35)33(3)13-12-20-7-11-27(36-4)28(15-20)37-5/h6-11,14-17H,12-13H2,1-5H3. The van der Waals surface area contributed by atoms with Gasteiger partial charge in [-0.15, -0.1) is 0 Å². The maximum absolute atomic E-state index is 13.7. The van der Waals surface area contributed by atoms with E-state index in [1.165, 1.54) is 5.56 Å². The summed E-state index contributed by atoms with van der Waals surface area (Å²) in [6.45, 7) is 4.62. The fraction of sp³-hybridized carbons (Fsp3) is 0.241. The number of halogens is 2.